The van der Waals surface area contributed by atoms with E-state index in [9.17, 15) is 4.79 Å². The van der Waals surface area contributed by atoms with Gasteiger partial charge in [0, 0.05) is 5.56 Å². The molecule has 2 aromatic carbocycles. The molecule has 2 aromatic rings. The number of carbonyl (C=O) groups is 1. The number of para-hydroxylation sites is 1. The number of methoxy groups -OCH3 is 3. The van der Waals surface area contributed by atoms with Gasteiger partial charge in [0.15, 0.2) is 11.5 Å². The Bertz CT molecular complexity index is 717. The van der Waals surface area contributed by atoms with E-state index in [0.717, 1.165) is 11.1 Å². The van der Waals surface area contributed by atoms with Crippen molar-refractivity contribution in [2.45, 2.75) is 20.3 Å². The van der Waals surface area contributed by atoms with E-state index in [1.807, 2.05) is 32.0 Å². The van der Waals surface area contributed by atoms with E-state index < -0.39 is 0 Å². The van der Waals surface area contributed by atoms with Gasteiger partial charge in [-0.3, -0.25) is 4.79 Å². The quantitative estimate of drug-likeness (QED) is 0.599. The summed E-state index contributed by atoms with van der Waals surface area (Å²) in [5.41, 5.74) is 2.51. The molecular formula is C19H22O5. The second-order valence-corrected chi connectivity index (χ2v) is 5.37. The number of carbonyl (C=O) groups excluding carboxylic acids is 1. The van der Waals surface area contributed by atoms with Crippen LogP contribution in [0, 0.1) is 13.8 Å². The van der Waals surface area contributed by atoms with Crippen LogP contribution in [0.25, 0.3) is 0 Å². The van der Waals surface area contributed by atoms with Crippen LogP contribution in [0.3, 0.4) is 0 Å². The van der Waals surface area contributed by atoms with Gasteiger partial charge < -0.3 is 18.9 Å². The molecule has 0 aromatic heterocycles. The fourth-order valence-corrected chi connectivity index (χ4v) is 2.57. The Morgan fingerprint density at radius 1 is 0.833 bits per heavy atom. The lowest BCUT2D eigenvalue weighted by molar-refractivity contribution is -0.133. The normalized spacial score (nSPS) is 10.2. The second kappa shape index (κ2) is 7.73. The van der Waals surface area contributed by atoms with Crippen molar-refractivity contribution >= 4 is 5.97 Å². The molecule has 2 rings (SSSR count). The molecule has 0 N–H and O–H groups in total. The van der Waals surface area contributed by atoms with Crippen LogP contribution in [-0.4, -0.2) is 27.3 Å². The third-order valence-corrected chi connectivity index (χ3v) is 3.75. The zero-order valence-electron chi connectivity index (χ0n) is 14.6. The summed E-state index contributed by atoms with van der Waals surface area (Å²) in [4.78, 5) is 12.4. The highest BCUT2D eigenvalue weighted by atomic mass is 16.5. The van der Waals surface area contributed by atoms with E-state index in [4.69, 9.17) is 18.9 Å². The minimum Gasteiger partial charge on any atom is -0.493 e. The number of ether oxygens (including phenoxy) is 4. The zero-order chi connectivity index (χ0) is 17.7. The van der Waals surface area contributed by atoms with Gasteiger partial charge in [-0.05, 0) is 31.0 Å². The largest absolute Gasteiger partial charge is 0.493 e. The van der Waals surface area contributed by atoms with Gasteiger partial charge in [0.05, 0.1) is 27.8 Å². The smallest absolute Gasteiger partial charge is 0.315 e. The van der Waals surface area contributed by atoms with E-state index in [2.05, 4.69) is 0 Å². The summed E-state index contributed by atoms with van der Waals surface area (Å²) in [6.07, 6.45) is 0.0668. The van der Waals surface area contributed by atoms with E-state index in [1.165, 1.54) is 14.2 Å². The molecule has 0 bridgehead atoms. The number of aryl methyl sites for hydroxylation is 2. The van der Waals surface area contributed by atoms with Crippen molar-refractivity contribution in [3.63, 3.8) is 0 Å². The monoisotopic (exact) mass is 330 g/mol. The highest BCUT2D eigenvalue weighted by Crippen LogP contribution is 2.40. The highest BCUT2D eigenvalue weighted by Gasteiger charge is 2.19. The molecule has 5 heteroatoms. The van der Waals surface area contributed by atoms with E-state index in [-0.39, 0.29) is 12.4 Å². The van der Waals surface area contributed by atoms with Crippen LogP contribution in [0.15, 0.2) is 30.3 Å². The fraction of sp³-hybridized carbons (Fsp3) is 0.316. The van der Waals surface area contributed by atoms with Gasteiger partial charge >= 0.3 is 5.97 Å². The number of rotatable bonds is 6. The van der Waals surface area contributed by atoms with E-state index >= 15 is 0 Å². The summed E-state index contributed by atoms with van der Waals surface area (Å²) in [7, 11) is 4.60. The number of benzene rings is 2. The molecular weight excluding hydrogens is 308 g/mol. The molecule has 0 aliphatic heterocycles. The van der Waals surface area contributed by atoms with Gasteiger partial charge in [-0.25, -0.2) is 0 Å². The van der Waals surface area contributed by atoms with Crippen LogP contribution in [0.2, 0.25) is 0 Å². The van der Waals surface area contributed by atoms with Crippen LogP contribution in [0.4, 0.5) is 0 Å². The Morgan fingerprint density at radius 3 is 2.00 bits per heavy atom. The Kier molecular flexibility index (Phi) is 5.68. The number of hydrogen-bond donors (Lipinski definition) is 0. The van der Waals surface area contributed by atoms with Crippen molar-refractivity contribution in [2.75, 3.05) is 21.3 Å². The van der Waals surface area contributed by atoms with Crippen molar-refractivity contribution < 1.29 is 23.7 Å². The summed E-state index contributed by atoms with van der Waals surface area (Å²) in [6, 6.07) is 9.26. The Balaban J connectivity index is 2.26. The molecule has 0 fully saturated rings. The minimum atomic E-state index is -0.363. The maximum Gasteiger partial charge on any atom is 0.315 e. The topological polar surface area (TPSA) is 54.0 Å². The first-order valence-electron chi connectivity index (χ1n) is 7.56. The van der Waals surface area contributed by atoms with Gasteiger partial charge in [0.25, 0.3) is 0 Å². The summed E-state index contributed by atoms with van der Waals surface area (Å²) in [6.45, 7) is 3.82. The number of esters is 1. The summed E-state index contributed by atoms with van der Waals surface area (Å²) in [5, 5.41) is 0. The molecule has 0 aliphatic rings. The Hall–Kier alpha value is -2.69. The molecule has 0 saturated carbocycles. The fourth-order valence-electron chi connectivity index (χ4n) is 2.57. The molecule has 0 aliphatic carbocycles. The van der Waals surface area contributed by atoms with Crippen molar-refractivity contribution in [3.8, 4) is 23.0 Å². The average Bonchev–Trinajstić information content (AvgIpc) is 2.57. The molecule has 24 heavy (non-hydrogen) atoms. The van der Waals surface area contributed by atoms with E-state index in [0.29, 0.717) is 28.6 Å². The molecule has 0 atom stereocenters. The molecule has 0 heterocycles. The molecule has 0 saturated heterocycles. The van der Waals surface area contributed by atoms with Crippen molar-refractivity contribution in [1.29, 1.82) is 0 Å². The van der Waals surface area contributed by atoms with Crippen molar-refractivity contribution in [2.24, 2.45) is 0 Å². The lowest BCUT2D eigenvalue weighted by Crippen LogP contribution is -2.13. The van der Waals surface area contributed by atoms with Crippen LogP contribution in [0.5, 0.6) is 23.0 Å². The molecule has 128 valence electrons. The molecule has 0 unspecified atom stereocenters. The third kappa shape index (κ3) is 3.62. The first-order valence-corrected chi connectivity index (χ1v) is 7.56. The lowest BCUT2D eigenvalue weighted by atomic mass is 10.1. The first-order chi connectivity index (χ1) is 11.5. The maximum absolute atomic E-state index is 12.4. The summed E-state index contributed by atoms with van der Waals surface area (Å²) < 4.78 is 21.5. The maximum atomic E-state index is 12.4. The van der Waals surface area contributed by atoms with Gasteiger partial charge in [0.1, 0.15) is 5.75 Å². The minimum absolute atomic E-state index is 0.0668. The van der Waals surface area contributed by atoms with Crippen LogP contribution in [-0.2, 0) is 11.2 Å². The predicted octanol–water partition coefficient (Wildman–Crippen LogP) is 3.48. The van der Waals surface area contributed by atoms with Gasteiger partial charge in [-0.2, -0.15) is 0 Å². The molecule has 0 amide bonds. The van der Waals surface area contributed by atoms with Crippen LogP contribution in [0.1, 0.15) is 16.7 Å². The molecule has 5 nitrogen and oxygen atoms in total. The van der Waals surface area contributed by atoms with Gasteiger partial charge in [0.2, 0.25) is 5.75 Å². The summed E-state index contributed by atoms with van der Waals surface area (Å²) in [5.74, 6) is 1.70. The second-order valence-electron chi connectivity index (χ2n) is 5.37. The van der Waals surface area contributed by atoms with Crippen LogP contribution >= 0.6 is 0 Å². The third-order valence-electron chi connectivity index (χ3n) is 3.75. The average molecular weight is 330 g/mol. The Morgan fingerprint density at radius 2 is 1.46 bits per heavy atom. The molecule has 0 spiro atoms. The summed E-state index contributed by atoms with van der Waals surface area (Å²) >= 11 is 0. The molecule has 0 radical (unpaired) electrons. The Labute approximate surface area is 142 Å². The van der Waals surface area contributed by atoms with Crippen LogP contribution < -0.4 is 18.9 Å². The van der Waals surface area contributed by atoms with Gasteiger partial charge in [-0.15, -0.1) is 0 Å². The first kappa shape index (κ1) is 17.7. The number of hydrogen-bond acceptors (Lipinski definition) is 5. The predicted molar refractivity (Wildman–Crippen MR) is 91.4 cm³/mol. The highest BCUT2D eigenvalue weighted by molar-refractivity contribution is 5.77. The standard InChI is InChI=1S/C19H22O5/c1-12-7-6-8-13(2)17(12)24-16(20)11-14-9-10-15(21-3)19(23-5)18(14)22-4/h6-10H,11H2,1-5H3. The SMILES string of the molecule is COc1ccc(CC(=O)Oc2c(C)cccc2C)c(OC)c1OC. The van der Waals surface area contributed by atoms with E-state index in [1.54, 1.807) is 19.2 Å². The van der Waals surface area contributed by atoms with Crippen molar-refractivity contribution in [3.05, 3.63) is 47.0 Å². The van der Waals surface area contributed by atoms with Gasteiger partial charge in [-0.1, -0.05) is 24.3 Å². The zero-order valence-corrected chi connectivity index (χ0v) is 14.6. The lowest BCUT2D eigenvalue weighted by Gasteiger charge is -2.16. The van der Waals surface area contributed by atoms with Crippen molar-refractivity contribution in [1.82, 2.24) is 0 Å².